The number of aromatic nitrogens is 2. The molecule has 1 aromatic heterocycles. The fourth-order valence-corrected chi connectivity index (χ4v) is 5.46. The average Bonchev–Trinajstić information content (AvgIpc) is 3.41. The van der Waals surface area contributed by atoms with Crippen LogP contribution in [0.4, 0.5) is 20.2 Å². The van der Waals surface area contributed by atoms with E-state index in [9.17, 15) is 23.1 Å². The minimum Gasteiger partial charge on any atom is -0.467 e. The normalized spacial score (nSPS) is 20.1. The van der Waals surface area contributed by atoms with Crippen LogP contribution in [-0.2, 0) is 0 Å². The lowest BCUT2D eigenvalue weighted by Crippen LogP contribution is -2.33. The Hall–Kier alpha value is -3.66. The molecule has 35 heavy (non-hydrogen) atoms. The molecule has 1 saturated carbocycles. The molecule has 0 spiro atoms. The van der Waals surface area contributed by atoms with Crippen molar-refractivity contribution in [3.8, 4) is 34.8 Å². The molecule has 1 aliphatic carbocycles. The van der Waals surface area contributed by atoms with Crippen LogP contribution < -0.4 is 18.1 Å². The van der Waals surface area contributed by atoms with Crippen molar-refractivity contribution in [3.63, 3.8) is 0 Å². The predicted molar refractivity (Wildman–Crippen MR) is 127 cm³/mol. The minimum atomic E-state index is -3.48. The summed E-state index contributed by atoms with van der Waals surface area (Å²) in [6, 6.07) is 13.8. The number of nitrogens with zero attached hydrogens (tertiary/aromatic N) is 5. The molecule has 182 valence electrons. The highest BCUT2D eigenvalue weighted by atomic mass is 32.3. The first-order valence-corrected chi connectivity index (χ1v) is 12.0. The highest BCUT2D eigenvalue weighted by Crippen LogP contribution is 2.63. The molecule has 3 aromatic rings. The maximum atomic E-state index is 13.5. The summed E-state index contributed by atoms with van der Waals surface area (Å²) in [6.07, 6.45) is 1.22. The number of halogens is 2. The Morgan fingerprint density at radius 3 is 2.66 bits per heavy atom. The zero-order chi connectivity index (χ0) is 25.0. The second-order valence-electron chi connectivity index (χ2n) is 8.22. The van der Waals surface area contributed by atoms with Crippen molar-refractivity contribution in [3.05, 3.63) is 54.2 Å². The molecule has 2 N–H and O–H groups in total. The molecule has 0 amide bonds. The van der Waals surface area contributed by atoms with Gasteiger partial charge in [0.15, 0.2) is 0 Å². The monoisotopic (exact) mass is 501 g/mol. The van der Waals surface area contributed by atoms with E-state index in [4.69, 9.17) is 9.47 Å². The van der Waals surface area contributed by atoms with Crippen LogP contribution in [0.2, 0.25) is 0 Å². The van der Waals surface area contributed by atoms with E-state index < -0.39 is 22.8 Å². The summed E-state index contributed by atoms with van der Waals surface area (Å²) in [5.74, 6) is -3.04. The lowest BCUT2D eigenvalue weighted by molar-refractivity contribution is 0.101. The van der Waals surface area contributed by atoms with Gasteiger partial charge in [0.25, 0.3) is 5.92 Å². The van der Waals surface area contributed by atoms with E-state index in [1.165, 1.54) is 29.0 Å². The molecule has 2 heterocycles. The van der Waals surface area contributed by atoms with Gasteiger partial charge in [0.2, 0.25) is 5.88 Å². The van der Waals surface area contributed by atoms with Gasteiger partial charge in [-0.3, -0.25) is 17.7 Å². The van der Waals surface area contributed by atoms with Gasteiger partial charge < -0.3 is 9.47 Å². The summed E-state index contributed by atoms with van der Waals surface area (Å²) >= 11 is 0. The Labute approximate surface area is 201 Å². The van der Waals surface area contributed by atoms with Crippen LogP contribution in [0.25, 0.3) is 11.1 Å². The van der Waals surface area contributed by atoms with E-state index in [0.29, 0.717) is 33.8 Å². The average molecular weight is 502 g/mol. The summed E-state index contributed by atoms with van der Waals surface area (Å²) in [5, 5.41) is 9.66. The molecule has 2 aliphatic rings. The first-order valence-electron chi connectivity index (χ1n) is 10.5. The standard InChI is InChI=1S/C23H21F2N5O4S/c1-29-20-9-14(4-6-19(20)30(35(29,31)32)13-16-11-23(16,24)25)18-10-17(5-3-15(18)12-26)34-21-7-8-27-22(28-21)33-2/h3-10,16,31-32H,11,13H2,1-2H3. The fraction of sp³-hybridized carbons (Fsp3) is 0.261. The molecule has 9 nitrogen and oxygen atoms in total. The lowest BCUT2D eigenvalue weighted by atomic mass is 9.99. The topological polar surface area (TPSA) is 115 Å². The number of ether oxygens (including phenoxy) is 2. The third-order valence-corrected chi connectivity index (χ3v) is 7.89. The Kier molecular flexibility index (Phi) is 5.43. The first-order chi connectivity index (χ1) is 16.6. The van der Waals surface area contributed by atoms with Crippen LogP contribution in [0, 0.1) is 17.2 Å². The summed E-state index contributed by atoms with van der Waals surface area (Å²) in [7, 11) is -0.546. The highest BCUT2D eigenvalue weighted by molar-refractivity contribution is 8.26. The summed E-state index contributed by atoms with van der Waals surface area (Å²) in [4.78, 5) is 8.05. The van der Waals surface area contributed by atoms with Gasteiger partial charge in [-0.1, -0.05) is 6.07 Å². The molecule has 12 heteroatoms. The Morgan fingerprint density at radius 1 is 1.20 bits per heavy atom. The molecule has 0 saturated heterocycles. The molecule has 1 aliphatic heterocycles. The van der Waals surface area contributed by atoms with Gasteiger partial charge in [-0.25, -0.2) is 13.8 Å². The van der Waals surface area contributed by atoms with Crippen molar-refractivity contribution in [1.82, 2.24) is 9.97 Å². The number of benzene rings is 2. The lowest BCUT2D eigenvalue weighted by Gasteiger charge is -2.42. The van der Waals surface area contributed by atoms with Gasteiger partial charge in [0.1, 0.15) is 5.75 Å². The second-order valence-corrected chi connectivity index (χ2v) is 10.2. The number of fused-ring (bicyclic) bond motifs is 1. The Bertz CT molecular complexity index is 1350. The zero-order valence-electron chi connectivity index (χ0n) is 18.7. The maximum Gasteiger partial charge on any atom is 0.319 e. The first kappa shape index (κ1) is 23.1. The van der Waals surface area contributed by atoms with Crippen LogP contribution in [0.3, 0.4) is 0 Å². The van der Waals surface area contributed by atoms with E-state index >= 15 is 0 Å². The Balaban J connectivity index is 1.49. The van der Waals surface area contributed by atoms with Gasteiger partial charge in [0.05, 0.1) is 30.1 Å². The van der Waals surface area contributed by atoms with E-state index in [0.717, 1.165) is 0 Å². The summed E-state index contributed by atoms with van der Waals surface area (Å²) < 4.78 is 61.9. The number of anilines is 2. The van der Waals surface area contributed by atoms with E-state index in [1.54, 1.807) is 42.5 Å². The van der Waals surface area contributed by atoms with Crippen molar-refractivity contribution in [2.24, 2.45) is 5.92 Å². The maximum absolute atomic E-state index is 13.5. The number of methoxy groups -OCH3 is 1. The summed E-state index contributed by atoms with van der Waals surface area (Å²) in [6.45, 7) is -0.165. The molecule has 0 bridgehead atoms. The molecular formula is C23H21F2N5O4S. The van der Waals surface area contributed by atoms with Gasteiger partial charge in [-0.05, 0) is 46.9 Å². The molecule has 2 aromatic carbocycles. The molecule has 1 unspecified atom stereocenters. The van der Waals surface area contributed by atoms with Gasteiger partial charge in [0, 0.05) is 43.8 Å². The minimum absolute atomic E-state index is 0.144. The van der Waals surface area contributed by atoms with Crippen molar-refractivity contribution in [1.29, 1.82) is 5.26 Å². The predicted octanol–water partition coefficient (Wildman–Crippen LogP) is 5.31. The molecular weight excluding hydrogens is 480 g/mol. The molecule has 1 fully saturated rings. The van der Waals surface area contributed by atoms with Crippen LogP contribution in [0.15, 0.2) is 48.7 Å². The highest BCUT2D eigenvalue weighted by Gasteiger charge is 2.59. The second kappa shape index (κ2) is 8.23. The van der Waals surface area contributed by atoms with Crippen LogP contribution in [-0.4, -0.2) is 45.7 Å². The zero-order valence-corrected chi connectivity index (χ0v) is 19.5. The van der Waals surface area contributed by atoms with E-state index in [1.807, 2.05) is 0 Å². The number of alkyl halides is 2. The van der Waals surface area contributed by atoms with E-state index in [-0.39, 0.29) is 24.9 Å². The third kappa shape index (κ3) is 4.07. The van der Waals surface area contributed by atoms with Crippen LogP contribution >= 0.6 is 11.0 Å². The fourth-order valence-electron chi connectivity index (χ4n) is 3.96. The van der Waals surface area contributed by atoms with Gasteiger partial charge in [-0.2, -0.15) is 10.2 Å². The van der Waals surface area contributed by atoms with Crippen molar-refractivity contribution < 1.29 is 27.4 Å². The van der Waals surface area contributed by atoms with Crippen LogP contribution in [0.1, 0.15) is 12.0 Å². The smallest absolute Gasteiger partial charge is 0.319 e. The molecule has 1 atom stereocenters. The third-order valence-electron chi connectivity index (χ3n) is 6.02. The number of rotatable bonds is 6. The quantitative estimate of drug-likeness (QED) is 0.464. The number of nitriles is 1. The van der Waals surface area contributed by atoms with Crippen LogP contribution in [0.5, 0.6) is 17.6 Å². The molecule has 0 radical (unpaired) electrons. The largest absolute Gasteiger partial charge is 0.467 e. The number of hydrogen-bond donors (Lipinski definition) is 2. The van der Waals surface area contributed by atoms with E-state index in [2.05, 4.69) is 16.0 Å². The molecule has 5 rings (SSSR count). The van der Waals surface area contributed by atoms with Crippen molar-refractivity contribution >= 4 is 22.3 Å². The van der Waals surface area contributed by atoms with Crippen molar-refractivity contribution in [2.75, 3.05) is 29.3 Å². The summed E-state index contributed by atoms with van der Waals surface area (Å²) in [5.41, 5.74) is 2.44. The van der Waals surface area contributed by atoms with Crippen molar-refractivity contribution in [2.45, 2.75) is 12.3 Å². The Morgan fingerprint density at radius 2 is 1.97 bits per heavy atom. The number of hydrogen-bond acceptors (Lipinski definition) is 9. The van der Waals surface area contributed by atoms with Gasteiger partial charge >= 0.3 is 6.01 Å². The SMILES string of the molecule is COc1nccc(Oc2ccc(C#N)c(-c3ccc4c(c3)N(C)S(O)(O)N4CC3CC3(F)F)c2)n1. The van der Waals surface area contributed by atoms with Gasteiger partial charge in [-0.15, -0.1) is 0 Å².